The zero-order valence-electron chi connectivity index (χ0n) is 17.9. The van der Waals surface area contributed by atoms with Crippen molar-refractivity contribution in [3.8, 4) is 0 Å². The molecule has 0 radical (unpaired) electrons. The van der Waals surface area contributed by atoms with Crippen LogP contribution in [0.15, 0.2) is 60.7 Å². The fraction of sp³-hybridized carbons (Fsp3) is 0.375. The Balaban J connectivity index is 1.99. The molecule has 0 bridgehead atoms. The third-order valence-electron chi connectivity index (χ3n) is 5.12. The first kappa shape index (κ1) is 24.1. The number of nitrogens with one attached hydrogen (secondary N) is 2. The van der Waals surface area contributed by atoms with E-state index in [1.165, 1.54) is 12.7 Å². The first-order valence-corrected chi connectivity index (χ1v) is 10.3. The summed E-state index contributed by atoms with van der Waals surface area (Å²) in [6, 6.07) is 17.4. The van der Waals surface area contributed by atoms with Gasteiger partial charge in [0.25, 0.3) is 0 Å². The minimum atomic E-state index is -1.10. The Hall–Kier alpha value is -3.19. The number of carbonyl (C=O) groups is 3. The number of benzene rings is 2. The van der Waals surface area contributed by atoms with E-state index in [1.54, 1.807) is 0 Å². The van der Waals surface area contributed by atoms with Crippen molar-refractivity contribution in [2.45, 2.75) is 44.2 Å². The van der Waals surface area contributed by atoms with Crippen LogP contribution >= 0.6 is 0 Å². The van der Waals surface area contributed by atoms with Crippen LogP contribution in [0, 0.1) is 0 Å². The highest BCUT2D eigenvalue weighted by Gasteiger charge is 2.27. The number of amides is 1. The van der Waals surface area contributed by atoms with Crippen molar-refractivity contribution in [2.24, 2.45) is 0 Å². The van der Waals surface area contributed by atoms with E-state index in [4.69, 9.17) is 4.74 Å². The molecular formula is C24H30N2O5. The molecule has 166 valence electrons. The number of esters is 1. The number of hydrogen-bond acceptors (Lipinski definition) is 5. The maximum atomic E-state index is 12.8. The smallest absolute Gasteiger partial charge is 0.328 e. The standard InChI is InChI=1S/C24H30N2O5/c1-17(19-11-7-4-8-12-19)13-14-25-20(16-22(27)28)23(29)26-21(24(30)31-2)15-18-9-5-3-6-10-18/h3-12,17,20-21,25H,13-16H2,1-2H3,(H,26,29)(H,27,28)/t17-,20-,21-/m0/s1. The molecular weight excluding hydrogens is 396 g/mol. The van der Waals surface area contributed by atoms with Crippen LogP contribution in [0.3, 0.4) is 0 Å². The van der Waals surface area contributed by atoms with E-state index >= 15 is 0 Å². The lowest BCUT2D eigenvalue weighted by molar-refractivity contribution is -0.145. The first-order valence-electron chi connectivity index (χ1n) is 10.3. The van der Waals surface area contributed by atoms with Crippen LogP contribution in [0.5, 0.6) is 0 Å². The molecule has 31 heavy (non-hydrogen) atoms. The van der Waals surface area contributed by atoms with Crippen LogP contribution in [0.2, 0.25) is 0 Å². The molecule has 2 aromatic carbocycles. The highest BCUT2D eigenvalue weighted by molar-refractivity contribution is 5.90. The number of carboxylic acid groups (broad SMARTS) is 1. The molecule has 2 aromatic rings. The number of rotatable bonds is 12. The van der Waals surface area contributed by atoms with Gasteiger partial charge in [-0.1, -0.05) is 67.6 Å². The largest absolute Gasteiger partial charge is 0.481 e. The summed E-state index contributed by atoms with van der Waals surface area (Å²) in [7, 11) is 1.25. The molecule has 0 spiro atoms. The molecule has 0 aliphatic rings. The molecule has 0 fully saturated rings. The summed E-state index contributed by atoms with van der Waals surface area (Å²) < 4.78 is 4.82. The Morgan fingerprint density at radius 2 is 1.58 bits per heavy atom. The molecule has 3 N–H and O–H groups in total. The highest BCUT2D eigenvalue weighted by atomic mass is 16.5. The minimum absolute atomic E-state index is 0.253. The van der Waals surface area contributed by atoms with Gasteiger partial charge in [0, 0.05) is 6.42 Å². The van der Waals surface area contributed by atoms with Crippen molar-refractivity contribution in [1.29, 1.82) is 0 Å². The lowest BCUT2D eigenvalue weighted by Crippen LogP contribution is -2.52. The molecule has 0 saturated heterocycles. The molecule has 0 saturated carbocycles. The molecule has 1 amide bonds. The van der Waals surface area contributed by atoms with Gasteiger partial charge in [0.15, 0.2) is 0 Å². The molecule has 7 nitrogen and oxygen atoms in total. The summed E-state index contributed by atoms with van der Waals surface area (Å²) in [5.74, 6) is -1.96. The summed E-state index contributed by atoms with van der Waals surface area (Å²) in [4.78, 5) is 36.3. The average molecular weight is 427 g/mol. The van der Waals surface area contributed by atoms with Gasteiger partial charge in [-0.3, -0.25) is 9.59 Å². The summed E-state index contributed by atoms with van der Waals surface area (Å²) in [6.07, 6.45) is 0.604. The SMILES string of the molecule is COC(=O)[C@H](Cc1ccccc1)NC(=O)[C@H](CC(=O)O)NCC[C@H](C)c1ccccc1. The fourth-order valence-corrected chi connectivity index (χ4v) is 3.31. The van der Waals surface area contributed by atoms with E-state index in [1.807, 2.05) is 60.7 Å². The second-order valence-electron chi connectivity index (χ2n) is 7.48. The topological polar surface area (TPSA) is 105 Å². The Kier molecular flexibility index (Phi) is 9.71. The third-order valence-corrected chi connectivity index (χ3v) is 5.12. The van der Waals surface area contributed by atoms with Gasteiger partial charge in [-0.25, -0.2) is 4.79 Å². The molecule has 2 rings (SSSR count). The summed E-state index contributed by atoms with van der Waals surface area (Å²) in [6.45, 7) is 2.54. The lowest BCUT2D eigenvalue weighted by atomic mass is 9.98. The van der Waals surface area contributed by atoms with Gasteiger partial charge in [0.05, 0.1) is 19.6 Å². The van der Waals surface area contributed by atoms with Crippen molar-refractivity contribution < 1.29 is 24.2 Å². The number of carbonyl (C=O) groups excluding carboxylic acids is 2. The normalized spacial score (nSPS) is 13.6. The molecule has 0 aliphatic heterocycles. The Bertz CT molecular complexity index is 842. The molecule has 0 heterocycles. The zero-order valence-corrected chi connectivity index (χ0v) is 17.9. The third kappa shape index (κ3) is 8.22. The summed E-state index contributed by atoms with van der Waals surface area (Å²) >= 11 is 0. The molecule has 0 aliphatic carbocycles. The van der Waals surface area contributed by atoms with Crippen LogP contribution in [0.1, 0.15) is 36.8 Å². The fourth-order valence-electron chi connectivity index (χ4n) is 3.31. The quantitative estimate of drug-likeness (QED) is 0.451. The molecule has 3 atom stereocenters. The van der Waals surface area contributed by atoms with Gasteiger partial charge in [-0.05, 0) is 30.0 Å². The molecule has 0 aromatic heterocycles. The van der Waals surface area contributed by atoms with Crippen LogP contribution in [0.4, 0.5) is 0 Å². The average Bonchev–Trinajstić information content (AvgIpc) is 2.78. The van der Waals surface area contributed by atoms with Gasteiger partial charge in [0.2, 0.25) is 5.91 Å². The van der Waals surface area contributed by atoms with E-state index in [0.29, 0.717) is 6.54 Å². The number of methoxy groups -OCH3 is 1. The van der Waals surface area contributed by atoms with Crippen LogP contribution in [-0.4, -0.2) is 48.7 Å². The minimum Gasteiger partial charge on any atom is -0.481 e. The predicted octanol–water partition coefficient (Wildman–Crippen LogP) is 2.51. The monoisotopic (exact) mass is 426 g/mol. The van der Waals surface area contributed by atoms with Crippen LogP contribution in [-0.2, 0) is 25.5 Å². The van der Waals surface area contributed by atoms with Crippen molar-refractivity contribution in [3.05, 3.63) is 71.8 Å². The van der Waals surface area contributed by atoms with E-state index in [2.05, 4.69) is 17.6 Å². The predicted molar refractivity (Wildman–Crippen MR) is 118 cm³/mol. The van der Waals surface area contributed by atoms with Crippen LogP contribution in [0.25, 0.3) is 0 Å². The van der Waals surface area contributed by atoms with Gasteiger partial charge < -0.3 is 20.5 Å². The lowest BCUT2D eigenvalue weighted by Gasteiger charge is -2.22. The maximum absolute atomic E-state index is 12.8. The summed E-state index contributed by atoms with van der Waals surface area (Å²) in [5, 5.41) is 14.9. The van der Waals surface area contributed by atoms with E-state index in [9.17, 15) is 19.5 Å². The van der Waals surface area contributed by atoms with Crippen molar-refractivity contribution in [3.63, 3.8) is 0 Å². The van der Waals surface area contributed by atoms with E-state index < -0.39 is 29.9 Å². The number of carboxylic acids is 1. The van der Waals surface area contributed by atoms with Crippen LogP contribution < -0.4 is 10.6 Å². The molecule has 0 unspecified atom stereocenters. The second kappa shape index (κ2) is 12.5. The highest BCUT2D eigenvalue weighted by Crippen LogP contribution is 2.17. The van der Waals surface area contributed by atoms with E-state index in [-0.39, 0.29) is 18.8 Å². The Morgan fingerprint density at radius 3 is 2.16 bits per heavy atom. The first-order chi connectivity index (χ1) is 14.9. The maximum Gasteiger partial charge on any atom is 0.328 e. The Morgan fingerprint density at radius 1 is 0.968 bits per heavy atom. The van der Waals surface area contributed by atoms with Crippen molar-refractivity contribution in [2.75, 3.05) is 13.7 Å². The van der Waals surface area contributed by atoms with Crippen molar-refractivity contribution in [1.82, 2.24) is 10.6 Å². The Labute approximate surface area is 182 Å². The van der Waals surface area contributed by atoms with Gasteiger partial charge >= 0.3 is 11.9 Å². The summed E-state index contributed by atoms with van der Waals surface area (Å²) in [5.41, 5.74) is 2.04. The van der Waals surface area contributed by atoms with E-state index in [0.717, 1.165) is 12.0 Å². The molecule has 7 heteroatoms. The number of aliphatic carboxylic acids is 1. The number of hydrogen-bond donors (Lipinski definition) is 3. The number of ether oxygens (including phenoxy) is 1. The van der Waals surface area contributed by atoms with Gasteiger partial charge in [0.1, 0.15) is 6.04 Å². The van der Waals surface area contributed by atoms with Gasteiger partial charge in [-0.15, -0.1) is 0 Å². The van der Waals surface area contributed by atoms with Gasteiger partial charge in [-0.2, -0.15) is 0 Å². The zero-order chi connectivity index (χ0) is 22.6. The second-order valence-corrected chi connectivity index (χ2v) is 7.48. The van der Waals surface area contributed by atoms with Crippen molar-refractivity contribution >= 4 is 17.8 Å².